The molecule has 3 aromatic rings. The molecule has 2 N–H and O–H groups in total. The van der Waals surface area contributed by atoms with Crippen LogP contribution < -0.4 is 20.1 Å². The van der Waals surface area contributed by atoms with Crippen molar-refractivity contribution in [2.24, 2.45) is 0 Å². The van der Waals surface area contributed by atoms with E-state index in [1.807, 2.05) is 47.2 Å². The standard InChI is InChI=1S/C19H20N4O2S/c1-24-17-7-6-15(11-18(17)25-2)22-19(26)21-12-14-4-3-5-16(10-14)23-9-8-20-13-23/h3-11,13H,12H2,1-2H3,(H2,21,22,26). The monoisotopic (exact) mass is 368 g/mol. The van der Waals surface area contributed by atoms with E-state index < -0.39 is 0 Å². The van der Waals surface area contributed by atoms with E-state index >= 15 is 0 Å². The van der Waals surface area contributed by atoms with Gasteiger partial charge < -0.3 is 24.7 Å². The molecule has 0 fully saturated rings. The van der Waals surface area contributed by atoms with E-state index in [-0.39, 0.29) is 0 Å². The average Bonchev–Trinajstić information content (AvgIpc) is 3.21. The zero-order valence-electron chi connectivity index (χ0n) is 14.6. The molecule has 0 spiro atoms. The lowest BCUT2D eigenvalue weighted by Crippen LogP contribution is -2.27. The number of imidazole rings is 1. The number of nitrogens with zero attached hydrogens (tertiary/aromatic N) is 2. The van der Waals surface area contributed by atoms with Gasteiger partial charge in [0.1, 0.15) is 0 Å². The highest BCUT2D eigenvalue weighted by Crippen LogP contribution is 2.29. The van der Waals surface area contributed by atoms with Gasteiger partial charge in [-0.2, -0.15) is 0 Å². The summed E-state index contributed by atoms with van der Waals surface area (Å²) in [7, 11) is 3.21. The maximum Gasteiger partial charge on any atom is 0.171 e. The van der Waals surface area contributed by atoms with E-state index in [0.29, 0.717) is 23.2 Å². The van der Waals surface area contributed by atoms with Gasteiger partial charge in [0.2, 0.25) is 0 Å². The summed E-state index contributed by atoms with van der Waals surface area (Å²) in [6, 6.07) is 13.7. The summed E-state index contributed by atoms with van der Waals surface area (Å²) in [5, 5.41) is 6.89. The van der Waals surface area contributed by atoms with Gasteiger partial charge in [0, 0.05) is 36.4 Å². The Morgan fingerprint density at radius 3 is 2.69 bits per heavy atom. The van der Waals surface area contributed by atoms with Crippen LogP contribution in [0, 0.1) is 0 Å². The lowest BCUT2D eigenvalue weighted by atomic mass is 10.2. The molecule has 0 saturated carbocycles. The minimum atomic E-state index is 0.533. The van der Waals surface area contributed by atoms with Crippen LogP contribution in [-0.4, -0.2) is 28.9 Å². The molecule has 134 valence electrons. The van der Waals surface area contributed by atoms with Crippen molar-refractivity contribution in [3.63, 3.8) is 0 Å². The summed E-state index contributed by atoms with van der Waals surface area (Å²) in [5.74, 6) is 1.32. The molecule has 0 aliphatic heterocycles. The Balaban J connectivity index is 1.60. The van der Waals surface area contributed by atoms with Crippen LogP contribution in [0.3, 0.4) is 0 Å². The van der Waals surface area contributed by atoms with Crippen molar-refractivity contribution < 1.29 is 9.47 Å². The smallest absolute Gasteiger partial charge is 0.171 e. The number of thiocarbonyl (C=S) groups is 1. The third-order valence-corrected chi connectivity index (χ3v) is 4.05. The zero-order valence-corrected chi connectivity index (χ0v) is 15.4. The molecular formula is C19H20N4O2S. The van der Waals surface area contributed by atoms with Crippen molar-refractivity contribution in [3.8, 4) is 17.2 Å². The first-order valence-electron chi connectivity index (χ1n) is 8.04. The molecule has 7 heteroatoms. The summed E-state index contributed by atoms with van der Waals surface area (Å²) >= 11 is 5.38. The van der Waals surface area contributed by atoms with Gasteiger partial charge in [-0.15, -0.1) is 0 Å². The van der Waals surface area contributed by atoms with Gasteiger partial charge in [-0.05, 0) is 42.0 Å². The predicted molar refractivity (Wildman–Crippen MR) is 106 cm³/mol. The Kier molecular flexibility index (Phi) is 5.70. The quantitative estimate of drug-likeness (QED) is 0.651. The Labute approximate surface area is 157 Å². The van der Waals surface area contributed by atoms with Gasteiger partial charge in [0.25, 0.3) is 0 Å². The Morgan fingerprint density at radius 2 is 1.96 bits per heavy atom. The van der Waals surface area contributed by atoms with Crippen LogP contribution in [0.5, 0.6) is 11.5 Å². The second kappa shape index (κ2) is 8.35. The molecule has 0 unspecified atom stereocenters. The van der Waals surface area contributed by atoms with Crippen molar-refractivity contribution in [2.45, 2.75) is 6.54 Å². The number of hydrogen-bond donors (Lipinski definition) is 2. The molecule has 1 aromatic heterocycles. The minimum Gasteiger partial charge on any atom is -0.493 e. The van der Waals surface area contributed by atoms with Gasteiger partial charge in [0.05, 0.1) is 20.5 Å². The maximum absolute atomic E-state index is 5.38. The van der Waals surface area contributed by atoms with E-state index in [4.69, 9.17) is 21.7 Å². The fourth-order valence-electron chi connectivity index (χ4n) is 2.51. The number of benzene rings is 2. The molecule has 1 heterocycles. The largest absolute Gasteiger partial charge is 0.493 e. The molecule has 0 bridgehead atoms. The molecule has 6 nitrogen and oxygen atoms in total. The number of aromatic nitrogens is 2. The summed E-state index contributed by atoms with van der Waals surface area (Å²) < 4.78 is 12.5. The number of nitrogens with one attached hydrogen (secondary N) is 2. The first-order valence-corrected chi connectivity index (χ1v) is 8.44. The number of ether oxygens (including phenoxy) is 2. The molecule has 0 aliphatic rings. The predicted octanol–water partition coefficient (Wildman–Crippen LogP) is 3.38. The average molecular weight is 368 g/mol. The topological polar surface area (TPSA) is 60.3 Å². The Hall–Kier alpha value is -3.06. The molecule has 0 saturated heterocycles. The van der Waals surface area contributed by atoms with E-state index in [1.54, 1.807) is 26.7 Å². The fraction of sp³-hybridized carbons (Fsp3) is 0.158. The van der Waals surface area contributed by atoms with Gasteiger partial charge in [0.15, 0.2) is 16.6 Å². The van der Waals surface area contributed by atoms with E-state index in [2.05, 4.69) is 21.7 Å². The van der Waals surface area contributed by atoms with Gasteiger partial charge >= 0.3 is 0 Å². The molecular weight excluding hydrogens is 348 g/mol. The highest BCUT2D eigenvalue weighted by Gasteiger charge is 2.06. The molecule has 2 aromatic carbocycles. The number of anilines is 1. The number of rotatable bonds is 6. The van der Waals surface area contributed by atoms with Crippen molar-refractivity contribution in [2.75, 3.05) is 19.5 Å². The van der Waals surface area contributed by atoms with Gasteiger partial charge in [-0.25, -0.2) is 4.98 Å². The van der Waals surface area contributed by atoms with Crippen molar-refractivity contribution in [3.05, 3.63) is 66.7 Å². The maximum atomic E-state index is 5.38. The van der Waals surface area contributed by atoms with E-state index in [1.165, 1.54) is 0 Å². The summed E-state index contributed by atoms with van der Waals surface area (Å²) in [4.78, 5) is 4.07. The minimum absolute atomic E-state index is 0.533. The molecule has 0 atom stereocenters. The van der Waals surface area contributed by atoms with Gasteiger partial charge in [-0.1, -0.05) is 12.1 Å². The van der Waals surface area contributed by atoms with Gasteiger partial charge in [-0.3, -0.25) is 0 Å². The lowest BCUT2D eigenvalue weighted by molar-refractivity contribution is 0.355. The van der Waals surface area contributed by atoms with Crippen molar-refractivity contribution >= 4 is 23.0 Å². The normalized spacial score (nSPS) is 10.2. The summed E-state index contributed by atoms with van der Waals surface area (Å²) in [5.41, 5.74) is 3.00. The lowest BCUT2D eigenvalue weighted by Gasteiger charge is -2.13. The molecule has 3 rings (SSSR count). The third kappa shape index (κ3) is 4.31. The first kappa shape index (κ1) is 17.8. The van der Waals surface area contributed by atoms with Crippen LogP contribution in [0.1, 0.15) is 5.56 Å². The van der Waals surface area contributed by atoms with E-state index in [0.717, 1.165) is 16.9 Å². The van der Waals surface area contributed by atoms with Crippen LogP contribution >= 0.6 is 12.2 Å². The van der Waals surface area contributed by atoms with Crippen LogP contribution in [-0.2, 0) is 6.54 Å². The van der Waals surface area contributed by atoms with Crippen LogP contribution in [0.15, 0.2) is 61.2 Å². The first-order chi connectivity index (χ1) is 12.7. The van der Waals surface area contributed by atoms with Crippen molar-refractivity contribution in [1.82, 2.24) is 14.9 Å². The van der Waals surface area contributed by atoms with Crippen LogP contribution in [0.2, 0.25) is 0 Å². The Bertz CT molecular complexity index is 881. The highest BCUT2D eigenvalue weighted by atomic mass is 32.1. The molecule has 26 heavy (non-hydrogen) atoms. The molecule has 0 aliphatic carbocycles. The number of methoxy groups -OCH3 is 2. The second-order valence-corrected chi connectivity index (χ2v) is 5.93. The second-order valence-electron chi connectivity index (χ2n) is 5.52. The Morgan fingerprint density at radius 1 is 1.12 bits per heavy atom. The number of hydrogen-bond acceptors (Lipinski definition) is 4. The van der Waals surface area contributed by atoms with Crippen LogP contribution in [0.4, 0.5) is 5.69 Å². The summed E-state index contributed by atoms with van der Waals surface area (Å²) in [6.45, 7) is 0.613. The fourth-order valence-corrected chi connectivity index (χ4v) is 2.70. The summed E-state index contributed by atoms with van der Waals surface area (Å²) in [6.07, 6.45) is 5.44. The third-order valence-electron chi connectivity index (χ3n) is 3.81. The zero-order chi connectivity index (χ0) is 18.4. The van der Waals surface area contributed by atoms with Crippen LogP contribution in [0.25, 0.3) is 5.69 Å². The molecule has 0 radical (unpaired) electrons. The molecule has 0 amide bonds. The van der Waals surface area contributed by atoms with Crippen molar-refractivity contribution in [1.29, 1.82) is 0 Å². The SMILES string of the molecule is COc1ccc(NC(=S)NCc2cccc(-n3ccnc3)c2)cc1OC. The van der Waals surface area contributed by atoms with E-state index in [9.17, 15) is 0 Å². The highest BCUT2D eigenvalue weighted by molar-refractivity contribution is 7.80.